The summed E-state index contributed by atoms with van der Waals surface area (Å²) < 4.78 is 1.13. The first-order valence-corrected chi connectivity index (χ1v) is 7.47. The lowest BCUT2D eigenvalue weighted by Crippen LogP contribution is -2.36. The first kappa shape index (κ1) is 14.0. The van der Waals surface area contributed by atoms with Gasteiger partial charge in [-0.1, -0.05) is 40.9 Å². The van der Waals surface area contributed by atoms with Crippen LogP contribution in [0.4, 0.5) is 0 Å². The van der Waals surface area contributed by atoms with E-state index in [-0.39, 0.29) is 5.41 Å². The second-order valence-electron chi connectivity index (χ2n) is 5.67. The quantitative estimate of drug-likeness (QED) is 0.900. The average Bonchev–Trinajstić information content (AvgIpc) is 2.78. The second kappa shape index (κ2) is 6.18. The third kappa shape index (κ3) is 3.56. The van der Waals surface area contributed by atoms with Gasteiger partial charge in [0.2, 0.25) is 0 Å². The number of nitrogens with zero attached hydrogens (tertiary/aromatic N) is 1. The van der Waals surface area contributed by atoms with E-state index >= 15 is 0 Å². The third-order valence-corrected chi connectivity index (χ3v) is 4.44. The number of hydrogen-bond donors (Lipinski definition) is 1. The molecule has 3 heteroatoms. The van der Waals surface area contributed by atoms with Gasteiger partial charge in [-0.2, -0.15) is 0 Å². The molecule has 0 amide bonds. The number of benzene rings is 1. The predicted octanol–water partition coefficient (Wildman–Crippen LogP) is 3.43. The third-order valence-electron chi connectivity index (χ3n) is 3.95. The number of aliphatic hydroxyl groups excluding tert-OH is 1. The Labute approximate surface area is 118 Å². The van der Waals surface area contributed by atoms with E-state index in [0.29, 0.717) is 6.61 Å². The van der Waals surface area contributed by atoms with Gasteiger partial charge in [0.1, 0.15) is 0 Å². The SMILES string of the molecule is CN(Cc1cccc(Br)c1)CC1(CO)CCCC1. The molecule has 0 radical (unpaired) electrons. The van der Waals surface area contributed by atoms with Gasteiger partial charge < -0.3 is 10.0 Å². The predicted molar refractivity (Wildman–Crippen MR) is 78.5 cm³/mol. The molecule has 0 bridgehead atoms. The van der Waals surface area contributed by atoms with Crippen LogP contribution in [-0.4, -0.2) is 30.2 Å². The van der Waals surface area contributed by atoms with Gasteiger partial charge in [0.15, 0.2) is 0 Å². The largest absolute Gasteiger partial charge is 0.396 e. The minimum absolute atomic E-state index is 0.154. The highest BCUT2D eigenvalue weighted by molar-refractivity contribution is 9.10. The van der Waals surface area contributed by atoms with E-state index in [1.807, 2.05) is 0 Å². The van der Waals surface area contributed by atoms with Crippen LogP contribution in [0.2, 0.25) is 0 Å². The molecule has 1 N–H and O–H groups in total. The monoisotopic (exact) mass is 311 g/mol. The van der Waals surface area contributed by atoms with Crippen molar-refractivity contribution in [2.45, 2.75) is 32.2 Å². The second-order valence-corrected chi connectivity index (χ2v) is 6.58. The Morgan fingerprint density at radius 1 is 1.33 bits per heavy atom. The van der Waals surface area contributed by atoms with Crippen molar-refractivity contribution in [3.8, 4) is 0 Å². The molecule has 2 rings (SSSR count). The topological polar surface area (TPSA) is 23.5 Å². The van der Waals surface area contributed by atoms with Gasteiger partial charge in [-0.15, -0.1) is 0 Å². The summed E-state index contributed by atoms with van der Waals surface area (Å²) in [7, 11) is 2.15. The fourth-order valence-electron chi connectivity index (χ4n) is 3.07. The normalized spacial score (nSPS) is 18.4. The molecule has 18 heavy (non-hydrogen) atoms. The molecule has 2 nitrogen and oxygen atoms in total. The van der Waals surface area contributed by atoms with Gasteiger partial charge in [0, 0.05) is 29.6 Å². The fourth-order valence-corrected chi connectivity index (χ4v) is 3.51. The van der Waals surface area contributed by atoms with E-state index < -0.39 is 0 Å². The number of aliphatic hydroxyl groups is 1. The Morgan fingerprint density at radius 3 is 2.67 bits per heavy atom. The summed E-state index contributed by atoms with van der Waals surface area (Å²) in [5.41, 5.74) is 1.47. The lowest BCUT2D eigenvalue weighted by atomic mass is 9.86. The Kier molecular flexibility index (Phi) is 4.82. The maximum absolute atomic E-state index is 9.64. The van der Waals surface area contributed by atoms with Crippen LogP contribution >= 0.6 is 15.9 Å². The molecule has 0 unspecified atom stereocenters. The van der Waals surface area contributed by atoms with Crippen LogP contribution < -0.4 is 0 Å². The van der Waals surface area contributed by atoms with Crippen molar-refractivity contribution in [2.24, 2.45) is 5.41 Å². The van der Waals surface area contributed by atoms with Crippen molar-refractivity contribution >= 4 is 15.9 Å². The zero-order valence-corrected chi connectivity index (χ0v) is 12.6. The Morgan fingerprint density at radius 2 is 2.06 bits per heavy atom. The summed E-state index contributed by atoms with van der Waals surface area (Å²) in [6.45, 7) is 2.27. The number of halogens is 1. The first-order valence-electron chi connectivity index (χ1n) is 6.67. The molecule has 1 aliphatic rings. The summed E-state index contributed by atoms with van der Waals surface area (Å²) in [5.74, 6) is 0. The summed E-state index contributed by atoms with van der Waals surface area (Å²) in [6.07, 6.45) is 4.88. The van der Waals surface area contributed by atoms with Gasteiger partial charge in [-0.3, -0.25) is 0 Å². The molecular weight excluding hydrogens is 290 g/mol. The lowest BCUT2D eigenvalue weighted by Gasteiger charge is -2.31. The molecule has 1 aliphatic carbocycles. The van der Waals surface area contributed by atoms with Crippen LogP contribution in [0, 0.1) is 5.41 Å². The molecule has 0 heterocycles. The van der Waals surface area contributed by atoms with Gasteiger partial charge in [-0.25, -0.2) is 0 Å². The van der Waals surface area contributed by atoms with Crippen LogP contribution in [-0.2, 0) is 6.54 Å². The minimum atomic E-state index is 0.154. The van der Waals surface area contributed by atoms with Crippen molar-refractivity contribution in [3.63, 3.8) is 0 Å². The molecule has 0 saturated heterocycles. The van der Waals surface area contributed by atoms with Crippen LogP contribution in [0.5, 0.6) is 0 Å². The zero-order chi connectivity index (χ0) is 13.0. The molecule has 1 aromatic carbocycles. The molecule has 1 aromatic rings. The van der Waals surface area contributed by atoms with Crippen molar-refractivity contribution in [2.75, 3.05) is 20.2 Å². The van der Waals surface area contributed by atoms with E-state index in [0.717, 1.165) is 17.6 Å². The highest BCUT2D eigenvalue weighted by atomic mass is 79.9. The lowest BCUT2D eigenvalue weighted by molar-refractivity contribution is 0.0864. The van der Waals surface area contributed by atoms with E-state index in [9.17, 15) is 5.11 Å². The summed E-state index contributed by atoms with van der Waals surface area (Å²) in [5, 5.41) is 9.64. The number of rotatable bonds is 5. The Bertz CT molecular complexity index is 388. The molecule has 1 fully saturated rings. The van der Waals surface area contributed by atoms with E-state index in [4.69, 9.17) is 0 Å². The van der Waals surface area contributed by atoms with Gasteiger partial charge in [0.25, 0.3) is 0 Å². The highest BCUT2D eigenvalue weighted by Crippen LogP contribution is 2.38. The van der Waals surface area contributed by atoms with E-state index in [1.165, 1.54) is 31.2 Å². The molecule has 0 atom stereocenters. The molecule has 0 aromatic heterocycles. The average molecular weight is 312 g/mol. The van der Waals surface area contributed by atoms with Crippen LogP contribution in [0.3, 0.4) is 0 Å². The number of hydrogen-bond acceptors (Lipinski definition) is 2. The molecule has 100 valence electrons. The molecule has 1 saturated carbocycles. The maximum Gasteiger partial charge on any atom is 0.0499 e. The minimum Gasteiger partial charge on any atom is -0.396 e. The molecule has 0 aliphatic heterocycles. The summed E-state index contributed by atoms with van der Waals surface area (Å²) in [4.78, 5) is 2.34. The molecule has 0 spiro atoms. The smallest absolute Gasteiger partial charge is 0.0499 e. The Hall–Kier alpha value is -0.380. The summed E-state index contributed by atoms with van der Waals surface area (Å²) >= 11 is 3.51. The van der Waals surface area contributed by atoms with Crippen LogP contribution in [0.25, 0.3) is 0 Å². The first-order chi connectivity index (χ1) is 8.63. The van der Waals surface area contributed by atoms with Crippen molar-refractivity contribution in [1.82, 2.24) is 4.90 Å². The molecular formula is C15H22BrNO. The van der Waals surface area contributed by atoms with Crippen molar-refractivity contribution in [1.29, 1.82) is 0 Å². The van der Waals surface area contributed by atoms with Crippen LogP contribution in [0.15, 0.2) is 28.7 Å². The zero-order valence-electron chi connectivity index (χ0n) is 11.0. The fraction of sp³-hybridized carbons (Fsp3) is 0.600. The van der Waals surface area contributed by atoms with Gasteiger partial charge in [0.05, 0.1) is 0 Å². The maximum atomic E-state index is 9.64. The standard InChI is InChI=1S/C15H22BrNO/c1-17(10-13-5-4-6-14(16)9-13)11-15(12-18)7-2-3-8-15/h4-6,9,18H,2-3,7-8,10-12H2,1H3. The van der Waals surface area contributed by atoms with Crippen LogP contribution in [0.1, 0.15) is 31.2 Å². The van der Waals surface area contributed by atoms with Gasteiger partial charge in [-0.05, 0) is 37.6 Å². The van der Waals surface area contributed by atoms with Crippen molar-refractivity contribution < 1.29 is 5.11 Å². The highest BCUT2D eigenvalue weighted by Gasteiger charge is 2.34. The van der Waals surface area contributed by atoms with E-state index in [1.54, 1.807) is 0 Å². The van der Waals surface area contributed by atoms with Crippen molar-refractivity contribution in [3.05, 3.63) is 34.3 Å². The summed E-state index contributed by atoms with van der Waals surface area (Å²) in [6, 6.07) is 8.44. The van der Waals surface area contributed by atoms with E-state index in [2.05, 4.69) is 52.1 Å². The van der Waals surface area contributed by atoms with Gasteiger partial charge >= 0.3 is 0 Å². The Balaban J connectivity index is 1.93.